The standard InChI is InChI=1S/C22H27NO4/c1-3-16-23(17-15-20(24)27-4-2)21(25)22(26,18-11-7-5-8-12-18)19-13-9-6-10-14-19/h5-14,26H,3-4,15-17H2,1-2H3. The Balaban J connectivity index is 2.38. The van der Waals surface area contributed by atoms with Crippen molar-refractivity contribution < 1.29 is 19.4 Å². The number of esters is 1. The molecule has 0 unspecified atom stereocenters. The van der Waals surface area contributed by atoms with Gasteiger partial charge in [0.25, 0.3) is 5.91 Å². The number of carbonyl (C=O) groups excluding carboxylic acids is 2. The molecule has 0 aliphatic heterocycles. The van der Waals surface area contributed by atoms with E-state index >= 15 is 0 Å². The maximum Gasteiger partial charge on any atom is 0.307 e. The molecule has 0 saturated heterocycles. The fourth-order valence-corrected chi connectivity index (χ4v) is 3.05. The number of amides is 1. The summed E-state index contributed by atoms with van der Waals surface area (Å²) < 4.78 is 4.97. The van der Waals surface area contributed by atoms with Crippen molar-refractivity contribution in [2.75, 3.05) is 19.7 Å². The summed E-state index contributed by atoms with van der Waals surface area (Å²) >= 11 is 0. The van der Waals surface area contributed by atoms with Crippen LogP contribution in [0, 0.1) is 0 Å². The number of ether oxygens (including phenoxy) is 1. The Morgan fingerprint density at radius 2 is 1.44 bits per heavy atom. The third kappa shape index (κ3) is 4.95. The molecule has 0 spiro atoms. The number of rotatable bonds is 9. The third-order valence-electron chi connectivity index (χ3n) is 4.36. The number of hydrogen-bond acceptors (Lipinski definition) is 4. The van der Waals surface area contributed by atoms with Crippen molar-refractivity contribution in [1.82, 2.24) is 4.90 Å². The molecule has 0 atom stereocenters. The summed E-state index contributed by atoms with van der Waals surface area (Å²) in [5.74, 6) is -0.791. The topological polar surface area (TPSA) is 66.8 Å². The van der Waals surface area contributed by atoms with Gasteiger partial charge in [0, 0.05) is 13.1 Å². The van der Waals surface area contributed by atoms with Crippen LogP contribution in [0.1, 0.15) is 37.8 Å². The maximum absolute atomic E-state index is 13.5. The molecule has 1 amide bonds. The van der Waals surface area contributed by atoms with E-state index in [0.717, 1.165) is 0 Å². The lowest BCUT2D eigenvalue weighted by Gasteiger charge is -2.34. The first kappa shape index (κ1) is 20.6. The Bertz CT molecular complexity index is 691. The van der Waals surface area contributed by atoms with Crippen LogP contribution in [0.2, 0.25) is 0 Å². The lowest BCUT2D eigenvalue weighted by atomic mass is 9.85. The van der Waals surface area contributed by atoms with Gasteiger partial charge in [-0.25, -0.2) is 0 Å². The molecule has 0 aliphatic rings. The van der Waals surface area contributed by atoms with Gasteiger partial charge < -0.3 is 14.7 Å². The number of benzene rings is 2. The summed E-state index contributed by atoms with van der Waals surface area (Å²) in [4.78, 5) is 26.7. The zero-order chi connectivity index (χ0) is 19.7. The van der Waals surface area contributed by atoms with E-state index in [-0.39, 0.29) is 18.9 Å². The van der Waals surface area contributed by atoms with Crippen LogP contribution in [0.25, 0.3) is 0 Å². The zero-order valence-corrected chi connectivity index (χ0v) is 15.9. The van der Waals surface area contributed by atoms with Crippen molar-refractivity contribution in [2.24, 2.45) is 0 Å². The minimum absolute atomic E-state index is 0.0965. The average Bonchev–Trinajstić information content (AvgIpc) is 2.71. The highest BCUT2D eigenvalue weighted by Crippen LogP contribution is 2.32. The van der Waals surface area contributed by atoms with Crippen LogP contribution in [-0.2, 0) is 19.9 Å². The number of hydrogen-bond donors (Lipinski definition) is 1. The normalized spacial score (nSPS) is 11.1. The summed E-state index contributed by atoms with van der Waals surface area (Å²) in [5.41, 5.74) is -0.816. The van der Waals surface area contributed by atoms with E-state index in [9.17, 15) is 14.7 Å². The summed E-state index contributed by atoms with van der Waals surface area (Å²) in [5, 5.41) is 11.6. The van der Waals surface area contributed by atoms with E-state index in [1.807, 2.05) is 19.1 Å². The van der Waals surface area contributed by atoms with Gasteiger partial charge in [0.05, 0.1) is 13.0 Å². The largest absolute Gasteiger partial charge is 0.466 e. The van der Waals surface area contributed by atoms with Crippen LogP contribution in [0.15, 0.2) is 60.7 Å². The van der Waals surface area contributed by atoms with Crippen LogP contribution >= 0.6 is 0 Å². The molecule has 1 N–H and O–H groups in total. The highest BCUT2D eigenvalue weighted by molar-refractivity contribution is 5.90. The summed E-state index contributed by atoms with van der Waals surface area (Å²) in [7, 11) is 0. The molecule has 0 saturated carbocycles. The first-order valence-electron chi connectivity index (χ1n) is 9.32. The predicted molar refractivity (Wildman–Crippen MR) is 104 cm³/mol. The van der Waals surface area contributed by atoms with Crippen molar-refractivity contribution in [2.45, 2.75) is 32.3 Å². The van der Waals surface area contributed by atoms with Crippen LogP contribution in [0.4, 0.5) is 0 Å². The Labute approximate surface area is 160 Å². The second-order valence-electron chi connectivity index (χ2n) is 6.29. The van der Waals surface area contributed by atoms with Gasteiger partial charge in [-0.15, -0.1) is 0 Å². The van der Waals surface area contributed by atoms with Crippen LogP contribution < -0.4 is 0 Å². The van der Waals surface area contributed by atoms with Crippen LogP contribution in [0.5, 0.6) is 0 Å². The van der Waals surface area contributed by atoms with Crippen molar-refractivity contribution >= 4 is 11.9 Å². The molecule has 5 heteroatoms. The zero-order valence-electron chi connectivity index (χ0n) is 15.9. The molecule has 0 fully saturated rings. The fourth-order valence-electron chi connectivity index (χ4n) is 3.05. The molecule has 2 aromatic rings. The lowest BCUT2D eigenvalue weighted by Crippen LogP contribution is -2.48. The van der Waals surface area contributed by atoms with E-state index < -0.39 is 11.5 Å². The molecule has 2 aromatic carbocycles. The highest BCUT2D eigenvalue weighted by Gasteiger charge is 2.42. The molecule has 0 bridgehead atoms. The molecular weight excluding hydrogens is 342 g/mol. The molecule has 5 nitrogen and oxygen atoms in total. The Kier molecular flexibility index (Phi) is 7.55. The Morgan fingerprint density at radius 3 is 1.89 bits per heavy atom. The minimum atomic E-state index is -1.81. The maximum atomic E-state index is 13.5. The molecule has 0 aromatic heterocycles. The van der Waals surface area contributed by atoms with Gasteiger partial charge in [-0.3, -0.25) is 9.59 Å². The molecule has 0 aliphatic carbocycles. The molecule has 2 rings (SSSR count). The molecule has 0 radical (unpaired) electrons. The SMILES string of the molecule is CCCN(CCC(=O)OCC)C(=O)C(O)(c1ccccc1)c1ccccc1. The second kappa shape index (κ2) is 9.88. The minimum Gasteiger partial charge on any atom is -0.466 e. The van der Waals surface area contributed by atoms with Crippen molar-refractivity contribution in [1.29, 1.82) is 0 Å². The smallest absolute Gasteiger partial charge is 0.307 e. The van der Waals surface area contributed by atoms with E-state index in [1.165, 1.54) is 4.90 Å². The van der Waals surface area contributed by atoms with Gasteiger partial charge in [-0.2, -0.15) is 0 Å². The fraction of sp³-hybridized carbons (Fsp3) is 0.364. The molecule has 27 heavy (non-hydrogen) atoms. The van der Waals surface area contributed by atoms with Gasteiger partial charge in [-0.05, 0) is 24.5 Å². The monoisotopic (exact) mass is 369 g/mol. The van der Waals surface area contributed by atoms with E-state index in [4.69, 9.17) is 4.74 Å². The quantitative estimate of drug-likeness (QED) is 0.690. The van der Waals surface area contributed by atoms with Crippen molar-refractivity contribution in [3.8, 4) is 0 Å². The van der Waals surface area contributed by atoms with Gasteiger partial charge in [0.2, 0.25) is 0 Å². The second-order valence-corrected chi connectivity index (χ2v) is 6.29. The Hall–Kier alpha value is -2.66. The summed E-state index contributed by atoms with van der Waals surface area (Å²) in [6.45, 7) is 4.65. The number of aliphatic hydroxyl groups is 1. The van der Waals surface area contributed by atoms with E-state index in [2.05, 4.69) is 0 Å². The van der Waals surface area contributed by atoms with Crippen molar-refractivity contribution in [3.05, 3.63) is 71.8 Å². The van der Waals surface area contributed by atoms with Gasteiger partial charge >= 0.3 is 5.97 Å². The average molecular weight is 369 g/mol. The van der Waals surface area contributed by atoms with Gasteiger partial charge in [0.15, 0.2) is 5.60 Å². The van der Waals surface area contributed by atoms with Gasteiger partial charge in [0.1, 0.15) is 0 Å². The molecular formula is C22H27NO4. The first-order chi connectivity index (χ1) is 13.0. The Morgan fingerprint density at radius 1 is 0.926 bits per heavy atom. The van der Waals surface area contributed by atoms with Crippen LogP contribution in [-0.4, -0.2) is 41.6 Å². The predicted octanol–water partition coefficient (Wildman–Crippen LogP) is 3.11. The summed E-state index contributed by atoms with van der Waals surface area (Å²) in [6, 6.07) is 17.8. The highest BCUT2D eigenvalue weighted by atomic mass is 16.5. The molecule has 144 valence electrons. The molecule has 0 heterocycles. The van der Waals surface area contributed by atoms with Crippen LogP contribution in [0.3, 0.4) is 0 Å². The first-order valence-corrected chi connectivity index (χ1v) is 9.32. The third-order valence-corrected chi connectivity index (χ3v) is 4.36. The number of nitrogens with zero attached hydrogens (tertiary/aromatic N) is 1. The van der Waals surface area contributed by atoms with E-state index in [0.29, 0.717) is 30.7 Å². The van der Waals surface area contributed by atoms with Crippen molar-refractivity contribution in [3.63, 3.8) is 0 Å². The summed E-state index contributed by atoms with van der Waals surface area (Å²) in [6.07, 6.45) is 0.813. The lowest BCUT2D eigenvalue weighted by molar-refractivity contribution is -0.150. The van der Waals surface area contributed by atoms with E-state index in [1.54, 1.807) is 55.5 Å². The number of carbonyl (C=O) groups is 2. The van der Waals surface area contributed by atoms with Gasteiger partial charge in [-0.1, -0.05) is 67.6 Å².